The van der Waals surface area contributed by atoms with Gasteiger partial charge in [0.15, 0.2) is 0 Å². The standard InChI is InChI=1S/C10H15NO3S/c1-4-14-9-5-8(3)10(6-7(9)2)15(11,12)13/h5-6H,4H2,1-3H3,(H2,11,12,13). The van der Waals surface area contributed by atoms with Crippen molar-refractivity contribution in [2.24, 2.45) is 5.14 Å². The monoisotopic (exact) mass is 229 g/mol. The van der Waals surface area contributed by atoms with Gasteiger partial charge in [0, 0.05) is 0 Å². The van der Waals surface area contributed by atoms with Crippen LogP contribution in [-0.4, -0.2) is 15.0 Å². The number of aryl methyl sites for hydroxylation is 2. The van der Waals surface area contributed by atoms with Gasteiger partial charge in [-0.05, 0) is 44.0 Å². The summed E-state index contributed by atoms with van der Waals surface area (Å²) in [7, 11) is -3.64. The fourth-order valence-corrected chi connectivity index (χ4v) is 2.23. The molecule has 1 aromatic carbocycles. The van der Waals surface area contributed by atoms with E-state index < -0.39 is 10.0 Å². The molecule has 0 fully saturated rings. The summed E-state index contributed by atoms with van der Waals surface area (Å²) in [6.07, 6.45) is 0. The van der Waals surface area contributed by atoms with Crippen molar-refractivity contribution < 1.29 is 13.2 Å². The van der Waals surface area contributed by atoms with E-state index >= 15 is 0 Å². The summed E-state index contributed by atoms with van der Waals surface area (Å²) in [5.41, 5.74) is 1.37. The Kier molecular flexibility index (Phi) is 3.36. The number of nitrogens with two attached hydrogens (primary N) is 1. The summed E-state index contributed by atoms with van der Waals surface area (Å²) in [6, 6.07) is 3.23. The van der Waals surface area contributed by atoms with Gasteiger partial charge in [-0.2, -0.15) is 0 Å². The molecular formula is C10H15NO3S. The van der Waals surface area contributed by atoms with E-state index in [0.29, 0.717) is 17.9 Å². The number of primary sulfonamides is 1. The van der Waals surface area contributed by atoms with Crippen LogP contribution in [0, 0.1) is 13.8 Å². The second-order valence-corrected chi connectivity index (χ2v) is 4.89. The fraction of sp³-hybridized carbons (Fsp3) is 0.400. The fourth-order valence-electron chi connectivity index (χ4n) is 1.38. The van der Waals surface area contributed by atoms with Crippen molar-refractivity contribution >= 4 is 10.0 Å². The third-order valence-corrected chi connectivity index (χ3v) is 3.13. The van der Waals surface area contributed by atoms with Crippen LogP contribution in [0.15, 0.2) is 17.0 Å². The van der Waals surface area contributed by atoms with E-state index in [1.807, 2.05) is 6.92 Å². The molecule has 1 rings (SSSR count). The number of hydrogen-bond acceptors (Lipinski definition) is 3. The molecule has 0 saturated carbocycles. The minimum absolute atomic E-state index is 0.156. The molecule has 0 aliphatic carbocycles. The van der Waals surface area contributed by atoms with Crippen LogP contribution in [0.3, 0.4) is 0 Å². The summed E-state index contributed by atoms with van der Waals surface area (Å²) in [5.74, 6) is 0.697. The largest absolute Gasteiger partial charge is 0.494 e. The van der Waals surface area contributed by atoms with Gasteiger partial charge >= 0.3 is 0 Å². The summed E-state index contributed by atoms with van der Waals surface area (Å²) < 4.78 is 27.8. The summed E-state index contributed by atoms with van der Waals surface area (Å²) in [4.78, 5) is 0.156. The molecule has 0 heterocycles. The molecule has 0 radical (unpaired) electrons. The summed E-state index contributed by atoms with van der Waals surface area (Å²) in [6.45, 7) is 5.91. The molecule has 0 unspecified atom stereocenters. The van der Waals surface area contributed by atoms with E-state index in [1.165, 1.54) is 6.07 Å². The van der Waals surface area contributed by atoms with Crippen LogP contribution < -0.4 is 9.88 Å². The van der Waals surface area contributed by atoms with Crippen LogP contribution >= 0.6 is 0 Å². The molecule has 0 bridgehead atoms. The molecule has 0 saturated heterocycles. The Labute approximate surface area is 90.1 Å². The van der Waals surface area contributed by atoms with Crippen molar-refractivity contribution in [3.63, 3.8) is 0 Å². The van der Waals surface area contributed by atoms with E-state index in [1.54, 1.807) is 19.9 Å². The smallest absolute Gasteiger partial charge is 0.238 e. The molecule has 4 nitrogen and oxygen atoms in total. The van der Waals surface area contributed by atoms with Crippen molar-refractivity contribution in [3.05, 3.63) is 23.3 Å². The van der Waals surface area contributed by atoms with E-state index in [-0.39, 0.29) is 4.90 Å². The van der Waals surface area contributed by atoms with Crippen LogP contribution in [0.1, 0.15) is 18.1 Å². The molecule has 15 heavy (non-hydrogen) atoms. The van der Waals surface area contributed by atoms with Crippen LogP contribution in [0.25, 0.3) is 0 Å². The van der Waals surface area contributed by atoms with Gasteiger partial charge in [0.05, 0.1) is 11.5 Å². The third-order valence-electron chi connectivity index (χ3n) is 2.08. The van der Waals surface area contributed by atoms with Gasteiger partial charge < -0.3 is 4.74 Å². The van der Waals surface area contributed by atoms with Crippen LogP contribution in [-0.2, 0) is 10.0 Å². The van der Waals surface area contributed by atoms with Crippen molar-refractivity contribution in [1.29, 1.82) is 0 Å². The van der Waals surface area contributed by atoms with Gasteiger partial charge in [0.1, 0.15) is 5.75 Å². The maximum atomic E-state index is 11.2. The van der Waals surface area contributed by atoms with Gasteiger partial charge in [0.25, 0.3) is 0 Å². The normalized spacial score (nSPS) is 11.5. The van der Waals surface area contributed by atoms with E-state index in [0.717, 1.165) is 5.56 Å². The molecule has 0 aliphatic heterocycles. The second-order valence-electron chi connectivity index (χ2n) is 3.36. The summed E-state index contributed by atoms with van der Waals surface area (Å²) in [5, 5.41) is 5.08. The Hall–Kier alpha value is -1.07. The van der Waals surface area contributed by atoms with E-state index in [9.17, 15) is 8.42 Å². The average molecular weight is 229 g/mol. The molecule has 0 spiro atoms. The van der Waals surface area contributed by atoms with E-state index in [4.69, 9.17) is 9.88 Å². The molecule has 0 amide bonds. The molecule has 0 aromatic heterocycles. The highest BCUT2D eigenvalue weighted by atomic mass is 32.2. The Morgan fingerprint density at radius 3 is 2.33 bits per heavy atom. The Balaban J connectivity index is 3.32. The first-order chi connectivity index (χ1) is 6.86. The maximum absolute atomic E-state index is 11.2. The highest BCUT2D eigenvalue weighted by Crippen LogP contribution is 2.24. The van der Waals surface area contributed by atoms with Gasteiger partial charge in [-0.25, -0.2) is 13.6 Å². The zero-order valence-corrected chi connectivity index (χ0v) is 9.89. The minimum atomic E-state index is -3.64. The molecule has 0 atom stereocenters. The lowest BCUT2D eigenvalue weighted by Crippen LogP contribution is -2.14. The second kappa shape index (κ2) is 4.20. The highest BCUT2D eigenvalue weighted by molar-refractivity contribution is 7.89. The zero-order chi connectivity index (χ0) is 11.6. The lowest BCUT2D eigenvalue weighted by molar-refractivity contribution is 0.337. The van der Waals surface area contributed by atoms with Crippen LogP contribution in [0.5, 0.6) is 5.75 Å². The van der Waals surface area contributed by atoms with Gasteiger partial charge in [-0.3, -0.25) is 0 Å². The molecule has 2 N–H and O–H groups in total. The molecular weight excluding hydrogens is 214 g/mol. The topological polar surface area (TPSA) is 69.4 Å². The first-order valence-corrected chi connectivity index (χ1v) is 6.17. The summed E-state index contributed by atoms with van der Waals surface area (Å²) >= 11 is 0. The predicted molar refractivity (Wildman–Crippen MR) is 58.5 cm³/mol. The van der Waals surface area contributed by atoms with Gasteiger partial charge in [-0.15, -0.1) is 0 Å². The number of rotatable bonds is 3. The van der Waals surface area contributed by atoms with Crippen molar-refractivity contribution in [2.75, 3.05) is 6.61 Å². The number of sulfonamides is 1. The molecule has 84 valence electrons. The number of ether oxygens (including phenoxy) is 1. The van der Waals surface area contributed by atoms with Crippen LogP contribution in [0.4, 0.5) is 0 Å². The lowest BCUT2D eigenvalue weighted by Gasteiger charge is -2.10. The quantitative estimate of drug-likeness (QED) is 0.850. The molecule has 0 aliphatic rings. The lowest BCUT2D eigenvalue weighted by atomic mass is 10.1. The third kappa shape index (κ3) is 2.70. The van der Waals surface area contributed by atoms with E-state index in [2.05, 4.69) is 0 Å². The first-order valence-electron chi connectivity index (χ1n) is 4.63. The Morgan fingerprint density at radius 1 is 1.27 bits per heavy atom. The van der Waals surface area contributed by atoms with Gasteiger partial charge in [0.2, 0.25) is 10.0 Å². The predicted octanol–water partition coefficient (Wildman–Crippen LogP) is 1.35. The minimum Gasteiger partial charge on any atom is -0.494 e. The number of hydrogen-bond donors (Lipinski definition) is 1. The maximum Gasteiger partial charge on any atom is 0.238 e. The average Bonchev–Trinajstić information content (AvgIpc) is 2.09. The first kappa shape index (κ1) is 12.0. The SMILES string of the molecule is CCOc1cc(C)c(S(N)(=O)=O)cc1C. The van der Waals surface area contributed by atoms with Crippen LogP contribution in [0.2, 0.25) is 0 Å². The van der Waals surface area contributed by atoms with Crippen molar-refractivity contribution in [1.82, 2.24) is 0 Å². The highest BCUT2D eigenvalue weighted by Gasteiger charge is 2.14. The number of benzene rings is 1. The van der Waals surface area contributed by atoms with Gasteiger partial charge in [-0.1, -0.05) is 0 Å². The Morgan fingerprint density at radius 2 is 1.87 bits per heavy atom. The molecule has 1 aromatic rings. The molecule has 5 heteroatoms. The Bertz CT molecular complexity index is 466. The van der Waals surface area contributed by atoms with Crippen molar-refractivity contribution in [2.45, 2.75) is 25.7 Å². The zero-order valence-electron chi connectivity index (χ0n) is 9.07. The van der Waals surface area contributed by atoms with Crippen molar-refractivity contribution in [3.8, 4) is 5.75 Å².